The van der Waals surface area contributed by atoms with Crippen LogP contribution in [0.4, 0.5) is 0 Å². The van der Waals surface area contributed by atoms with Crippen LogP contribution in [0, 0.1) is 6.92 Å². The molecule has 100 valence electrons. The highest BCUT2D eigenvalue weighted by molar-refractivity contribution is 7.89. The molecule has 0 aliphatic carbocycles. The van der Waals surface area contributed by atoms with Gasteiger partial charge < -0.3 is 4.74 Å². The molecular weight excluding hydrogens is 258 g/mol. The molecule has 0 amide bonds. The Labute approximate surface area is 105 Å². The lowest BCUT2D eigenvalue weighted by Crippen LogP contribution is -2.29. The summed E-state index contributed by atoms with van der Waals surface area (Å²) in [7, 11) is -2.50. The third-order valence-electron chi connectivity index (χ3n) is 2.95. The van der Waals surface area contributed by atoms with Crippen LogP contribution in [-0.2, 0) is 14.8 Å². The number of nitrogens with one attached hydrogen (secondary N) is 1. The Bertz CT molecular complexity index is 558. The highest BCUT2D eigenvalue weighted by Gasteiger charge is 2.34. The third-order valence-corrected chi connectivity index (χ3v) is 4.78. The van der Waals surface area contributed by atoms with Crippen molar-refractivity contribution in [3.63, 3.8) is 0 Å². The monoisotopic (exact) mass is 273 g/mol. The molecule has 0 spiro atoms. The summed E-state index contributed by atoms with van der Waals surface area (Å²) in [5.74, 6) is -0.695. The highest BCUT2D eigenvalue weighted by Crippen LogP contribution is 2.24. The summed E-state index contributed by atoms with van der Waals surface area (Å²) in [6.45, 7) is 2.52. The Morgan fingerprint density at radius 1 is 1.39 bits per heavy atom. The van der Waals surface area contributed by atoms with Crippen molar-refractivity contribution in [2.75, 3.05) is 20.2 Å². The number of aryl methyl sites for hydroxylation is 1. The van der Waals surface area contributed by atoms with Gasteiger partial charge in [0.1, 0.15) is 5.56 Å². The average Bonchev–Trinajstić information content (AvgIpc) is 2.96. The van der Waals surface area contributed by atoms with Crippen LogP contribution in [0.5, 0.6) is 0 Å². The number of H-pyrrole nitrogens is 1. The van der Waals surface area contributed by atoms with Gasteiger partial charge in [-0.05, 0) is 19.8 Å². The lowest BCUT2D eigenvalue weighted by molar-refractivity contribution is 0.0595. The zero-order valence-corrected chi connectivity index (χ0v) is 11.1. The molecule has 0 radical (unpaired) electrons. The fourth-order valence-corrected chi connectivity index (χ4v) is 3.63. The number of methoxy groups -OCH3 is 1. The number of aromatic nitrogens is 2. The summed E-state index contributed by atoms with van der Waals surface area (Å²) in [4.78, 5) is 11.6. The topological polar surface area (TPSA) is 92.4 Å². The molecule has 0 unspecified atom stereocenters. The van der Waals surface area contributed by atoms with E-state index >= 15 is 0 Å². The first-order valence-corrected chi connectivity index (χ1v) is 7.06. The van der Waals surface area contributed by atoms with Crippen molar-refractivity contribution < 1.29 is 17.9 Å². The molecule has 18 heavy (non-hydrogen) atoms. The van der Waals surface area contributed by atoms with Crippen molar-refractivity contribution in [3.8, 4) is 0 Å². The minimum Gasteiger partial charge on any atom is -0.465 e. The van der Waals surface area contributed by atoms with Gasteiger partial charge in [0.2, 0.25) is 5.03 Å². The van der Waals surface area contributed by atoms with Gasteiger partial charge in [0.15, 0.2) is 0 Å². The standard InChI is InChI=1S/C10H15N3O4S/c1-7-8(10(14)17-2)9(12-11-7)18(15,16)13-5-3-4-6-13/h3-6H2,1-2H3,(H,11,12). The highest BCUT2D eigenvalue weighted by atomic mass is 32.2. The van der Waals surface area contributed by atoms with Gasteiger partial charge in [-0.3, -0.25) is 5.10 Å². The van der Waals surface area contributed by atoms with E-state index < -0.39 is 16.0 Å². The third kappa shape index (κ3) is 2.01. The van der Waals surface area contributed by atoms with Crippen LogP contribution in [0.3, 0.4) is 0 Å². The predicted octanol–water partition coefficient (Wildman–Crippen LogP) is 0.289. The SMILES string of the molecule is COC(=O)c1c(S(=O)(=O)N2CCCC2)n[nH]c1C. The molecule has 1 aliphatic heterocycles. The summed E-state index contributed by atoms with van der Waals surface area (Å²) in [6, 6.07) is 0. The molecule has 1 aliphatic rings. The second-order valence-corrected chi connectivity index (χ2v) is 5.98. The Hall–Kier alpha value is -1.41. The number of hydrogen-bond acceptors (Lipinski definition) is 5. The first kappa shape index (κ1) is 13.0. The van der Waals surface area contributed by atoms with Crippen molar-refractivity contribution in [1.82, 2.24) is 14.5 Å². The maximum absolute atomic E-state index is 12.3. The Kier molecular flexibility index (Phi) is 3.40. The van der Waals surface area contributed by atoms with Gasteiger partial charge in [-0.15, -0.1) is 0 Å². The van der Waals surface area contributed by atoms with Gasteiger partial charge >= 0.3 is 5.97 Å². The number of rotatable bonds is 3. The molecule has 0 atom stereocenters. The number of aromatic amines is 1. The van der Waals surface area contributed by atoms with Crippen LogP contribution in [0.2, 0.25) is 0 Å². The molecule has 7 nitrogen and oxygen atoms in total. The van der Waals surface area contributed by atoms with E-state index in [1.807, 2.05) is 0 Å². The fraction of sp³-hybridized carbons (Fsp3) is 0.600. The molecule has 1 N–H and O–H groups in total. The molecule has 0 saturated carbocycles. The Morgan fingerprint density at radius 2 is 2.00 bits per heavy atom. The van der Waals surface area contributed by atoms with Gasteiger partial charge in [-0.2, -0.15) is 9.40 Å². The number of ether oxygens (including phenoxy) is 1. The van der Waals surface area contributed by atoms with Crippen LogP contribution in [0.1, 0.15) is 28.9 Å². The summed E-state index contributed by atoms with van der Waals surface area (Å²) in [5, 5.41) is 6.03. The predicted molar refractivity (Wildman–Crippen MR) is 62.7 cm³/mol. The molecule has 0 bridgehead atoms. The zero-order valence-electron chi connectivity index (χ0n) is 10.3. The van der Waals surface area contributed by atoms with Crippen molar-refractivity contribution in [1.29, 1.82) is 0 Å². The van der Waals surface area contributed by atoms with E-state index in [-0.39, 0.29) is 10.6 Å². The number of nitrogens with zero attached hydrogens (tertiary/aromatic N) is 2. The molecule has 1 aromatic rings. The van der Waals surface area contributed by atoms with Crippen LogP contribution in [-0.4, -0.2) is 49.1 Å². The zero-order chi connectivity index (χ0) is 13.3. The maximum Gasteiger partial charge on any atom is 0.342 e. The molecule has 0 aromatic carbocycles. The van der Waals surface area contributed by atoms with E-state index in [0.29, 0.717) is 18.8 Å². The lowest BCUT2D eigenvalue weighted by Gasteiger charge is -2.14. The smallest absolute Gasteiger partial charge is 0.342 e. The largest absolute Gasteiger partial charge is 0.465 e. The maximum atomic E-state index is 12.3. The molecule has 8 heteroatoms. The van der Waals surface area contributed by atoms with E-state index in [4.69, 9.17) is 0 Å². The van der Waals surface area contributed by atoms with E-state index in [0.717, 1.165) is 12.8 Å². The van der Waals surface area contributed by atoms with Gasteiger partial charge in [-0.25, -0.2) is 13.2 Å². The normalized spacial score (nSPS) is 17.0. The quantitative estimate of drug-likeness (QED) is 0.799. The summed E-state index contributed by atoms with van der Waals surface area (Å²) in [6.07, 6.45) is 1.66. The van der Waals surface area contributed by atoms with Crippen LogP contribution < -0.4 is 0 Å². The molecular formula is C10H15N3O4S. The van der Waals surface area contributed by atoms with E-state index in [9.17, 15) is 13.2 Å². The van der Waals surface area contributed by atoms with Gasteiger partial charge in [0, 0.05) is 18.8 Å². The fourth-order valence-electron chi connectivity index (χ4n) is 1.99. The van der Waals surface area contributed by atoms with Gasteiger partial charge in [-0.1, -0.05) is 0 Å². The van der Waals surface area contributed by atoms with Gasteiger partial charge in [0.25, 0.3) is 10.0 Å². The summed E-state index contributed by atoms with van der Waals surface area (Å²) >= 11 is 0. The van der Waals surface area contributed by atoms with E-state index in [1.165, 1.54) is 11.4 Å². The lowest BCUT2D eigenvalue weighted by atomic mass is 10.3. The van der Waals surface area contributed by atoms with Crippen LogP contribution >= 0.6 is 0 Å². The second-order valence-electron chi connectivity index (χ2n) is 4.13. The molecule has 2 heterocycles. The van der Waals surface area contributed by atoms with Crippen molar-refractivity contribution in [2.45, 2.75) is 24.8 Å². The first-order chi connectivity index (χ1) is 8.48. The average molecular weight is 273 g/mol. The number of carbonyl (C=O) groups is 1. The number of carbonyl (C=O) groups excluding carboxylic acids is 1. The molecule has 1 fully saturated rings. The van der Waals surface area contributed by atoms with Crippen molar-refractivity contribution in [2.24, 2.45) is 0 Å². The number of sulfonamides is 1. The van der Waals surface area contributed by atoms with Crippen molar-refractivity contribution >= 4 is 16.0 Å². The van der Waals surface area contributed by atoms with E-state index in [1.54, 1.807) is 6.92 Å². The first-order valence-electron chi connectivity index (χ1n) is 5.62. The van der Waals surface area contributed by atoms with Crippen molar-refractivity contribution in [3.05, 3.63) is 11.3 Å². The summed E-state index contributed by atoms with van der Waals surface area (Å²) < 4.78 is 30.6. The minimum absolute atomic E-state index is 0.00981. The number of esters is 1. The summed E-state index contributed by atoms with van der Waals surface area (Å²) in [5.41, 5.74) is 0.379. The molecule has 1 saturated heterocycles. The molecule has 1 aromatic heterocycles. The van der Waals surface area contributed by atoms with Crippen LogP contribution in [0.25, 0.3) is 0 Å². The van der Waals surface area contributed by atoms with Crippen LogP contribution in [0.15, 0.2) is 5.03 Å². The van der Waals surface area contributed by atoms with E-state index in [2.05, 4.69) is 14.9 Å². The second kappa shape index (κ2) is 4.69. The minimum atomic E-state index is -3.71. The van der Waals surface area contributed by atoms with Gasteiger partial charge in [0.05, 0.1) is 7.11 Å². The Morgan fingerprint density at radius 3 is 2.56 bits per heavy atom. The number of hydrogen-bond donors (Lipinski definition) is 1. The molecule has 2 rings (SSSR count). The Balaban J connectivity index is 2.48.